The van der Waals surface area contributed by atoms with E-state index in [1.165, 1.54) is 32.5 Å². The minimum Gasteiger partial charge on any atom is -0.480 e. The molecule has 2 heterocycles. The van der Waals surface area contributed by atoms with E-state index in [2.05, 4.69) is 26.5 Å². The molecule has 3 aromatic rings. The molecule has 0 aliphatic heterocycles. The lowest BCUT2D eigenvalue weighted by Crippen LogP contribution is -2.38. The highest BCUT2D eigenvalue weighted by atomic mass is 19.3. The summed E-state index contributed by atoms with van der Waals surface area (Å²) in [7, 11) is 1.53. The van der Waals surface area contributed by atoms with Crippen LogP contribution in [0, 0.1) is 11.8 Å². The van der Waals surface area contributed by atoms with E-state index in [4.69, 9.17) is 9.47 Å². The highest BCUT2D eigenvalue weighted by molar-refractivity contribution is 5.68. The van der Waals surface area contributed by atoms with Gasteiger partial charge in [-0.05, 0) is 56.2 Å². The molecule has 0 N–H and O–H groups in total. The smallest absolute Gasteiger partial charge is 0.269 e. The zero-order chi connectivity index (χ0) is 33.8. The van der Waals surface area contributed by atoms with E-state index in [0.29, 0.717) is 22.8 Å². The van der Waals surface area contributed by atoms with Crippen molar-refractivity contribution in [2.45, 2.75) is 91.3 Å². The average molecular weight is 635 g/mol. The predicted octanol–water partition coefficient (Wildman–Crippen LogP) is 9.91. The summed E-state index contributed by atoms with van der Waals surface area (Å²) < 4.78 is 58.0. The van der Waals surface area contributed by atoms with Gasteiger partial charge >= 0.3 is 0 Å². The Morgan fingerprint density at radius 1 is 1.04 bits per heavy atom. The summed E-state index contributed by atoms with van der Waals surface area (Å²) in [5.74, 6) is -2.66. The van der Waals surface area contributed by atoms with E-state index in [1.54, 1.807) is 52.1 Å². The minimum atomic E-state index is -2.88. The van der Waals surface area contributed by atoms with Crippen LogP contribution in [0.2, 0.25) is 0 Å². The third kappa shape index (κ3) is 7.03. The van der Waals surface area contributed by atoms with Crippen LogP contribution in [0.15, 0.2) is 72.7 Å². The fourth-order valence-corrected chi connectivity index (χ4v) is 5.80. The molecular formula is C37H45F3N4O2. The number of rotatable bonds is 14. The molecule has 0 bridgehead atoms. The Hall–Kier alpha value is -4.01. The van der Waals surface area contributed by atoms with Gasteiger partial charge in [0.2, 0.25) is 11.8 Å². The number of halogens is 3. The Labute approximate surface area is 270 Å². The molecule has 4 rings (SSSR count). The molecule has 6 nitrogen and oxygen atoms in total. The highest BCUT2D eigenvalue weighted by Gasteiger charge is 2.43. The maximum Gasteiger partial charge on any atom is 0.269 e. The van der Waals surface area contributed by atoms with Crippen molar-refractivity contribution in [3.8, 4) is 23.1 Å². The number of nitrogens with zero attached hydrogens (tertiary/aromatic N) is 4. The largest absolute Gasteiger partial charge is 0.480 e. The molecule has 1 aliphatic carbocycles. The normalized spacial score (nSPS) is 17.2. The summed E-state index contributed by atoms with van der Waals surface area (Å²) in [5, 5.41) is 0. The van der Waals surface area contributed by atoms with Crippen LogP contribution in [-0.2, 0) is 0 Å². The maximum absolute atomic E-state index is 16.8. The van der Waals surface area contributed by atoms with Gasteiger partial charge in [-0.25, -0.2) is 28.1 Å². The second-order valence-electron chi connectivity index (χ2n) is 12.3. The zero-order valence-corrected chi connectivity index (χ0v) is 28.1. The van der Waals surface area contributed by atoms with Crippen LogP contribution in [0.4, 0.5) is 13.2 Å². The molecule has 1 aliphatic rings. The first-order valence-electron chi connectivity index (χ1n) is 15.9. The second kappa shape index (κ2) is 14.2. The molecule has 1 fully saturated rings. The summed E-state index contributed by atoms with van der Waals surface area (Å²) in [6.45, 7) is 16.1. The Bertz CT molecular complexity index is 1600. The van der Waals surface area contributed by atoms with E-state index in [-0.39, 0.29) is 23.8 Å². The average Bonchev–Trinajstić information content (AvgIpc) is 3.92. The van der Waals surface area contributed by atoms with Crippen LogP contribution in [-0.4, -0.2) is 38.6 Å². The van der Waals surface area contributed by atoms with Gasteiger partial charge in [0.25, 0.3) is 5.92 Å². The summed E-state index contributed by atoms with van der Waals surface area (Å²) in [6.07, 6.45) is 6.49. The summed E-state index contributed by atoms with van der Waals surface area (Å²) in [4.78, 5) is 17.9. The number of benzene rings is 1. The standard InChI is InChI=1S/C37H45F3N4O2/c1-10-29(37(39,40)12-3)25(8)23(6)24(7)26-13-17-28(18-14-26)33(36(38,11-2)22(4)5)46-30-19-20-41-34(44-30)31-32(27-15-16-27)42-21-43-35(31)45-9/h10-11,13-14,17-22,25,27,33H,2,12,15-16H2,1,3-9H3/b24-23+,29-10+/t25?,33-,36?/m0/s1. The molecule has 9 heteroatoms. The topological polar surface area (TPSA) is 70.0 Å². The van der Waals surface area contributed by atoms with Crippen LogP contribution in [0.3, 0.4) is 0 Å². The van der Waals surface area contributed by atoms with Gasteiger partial charge in [-0.15, -0.1) is 0 Å². The van der Waals surface area contributed by atoms with Crippen molar-refractivity contribution in [3.05, 3.63) is 89.6 Å². The fourth-order valence-electron chi connectivity index (χ4n) is 5.80. The van der Waals surface area contributed by atoms with Gasteiger partial charge in [-0.3, -0.25) is 0 Å². The number of aromatic nitrogens is 4. The van der Waals surface area contributed by atoms with E-state index in [1.807, 2.05) is 26.0 Å². The van der Waals surface area contributed by atoms with Crippen LogP contribution >= 0.6 is 0 Å². The molecule has 1 saturated carbocycles. The molecule has 2 unspecified atom stereocenters. The lowest BCUT2D eigenvalue weighted by Gasteiger charge is -2.34. The van der Waals surface area contributed by atoms with Crippen molar-refractivity contribution in [1.82, 2.24) is 19.9 Å². The molecular weight excluding hydrogens is 589 g/mol. The van der Waals surface area contributed by atoms with Crippen LogP contribution in [0.25, 0.3) is 17.0 Å². The van der Waals surface area contributed by atoms with Gasteiger partial charge in [0.15, 0.2) is 17.6 Å². The number of methoxy groups -OCH3 is 1. The highest BCUT2D eigenvalue weighted by Crippen LogP contribution is 2.46. The first-order valence-corrected chi connectivity index (χ1v) is 15.9. The van der Waals surface area contributed by atoms with Crippen molar-refractivity contribution in [2.75, 3.05) is 7.11 Å². The van der Waals surface area contributed by atoms with Crippen LogP contribution < -0.4 is 9.47 Å². The monoisotopic (exact) mass is 634 g/mol. The predicted molar refractivity (Wildman–Crippen MR) is 177 cm³/mol. The fraction of sp³-hybridized carbons (Fsp3) is 0.459. The number of hydrogen-bond acceptors (Lipinski definition) is 6. The molecule has 0 amide bonds. The maximum atomic E-state index is 16.8. The van der Waals surface area contributed by atoms with Gasteiger partial charge < -0.3 is 9.47 Å². The molecule has 0 saturated heterocycles. The van der Waals surface area contributed by atoms with Gasteiger partial charge in [0.05, 0.1) is 12.8 Å². The number of allylic oxidation sites excluding steroid dienone is 4. The van der Waals surface area contributed by atoms with Crippen LogP contribution in [0.1, 0.15) is 96.6 Å². The van der Waals surface area contributed by atoms with Crippen LogP contribution in [0.5, 0.6) is 11.8 Å². The zero-order valence-electron chi connectivity index (χ0n) is 28.1. The van der Waals surface area contributed by atoms with Crippen molar-refractivity contribution in [3.63, 3.8) is 0 Å². The Balaban J connectivity index is 1.72. The minimum absolute atomic E-state index is 0.107. The summed E-state index contributed by atoms with van der Waals surface area (Å²) in [5.41, 5.74) is 2.71. The van der Waals surface area contributed by atoms with Gasteiger partial charge in [0, 0.05) is 36.1 Å². The molecule has 3 atom stereocenters. The van der Waals surface area contributed by atoms with Gasteiger partial charge in [0.1, 0.15) is 11.9 Å². The number of alkyl halides is 3. The second-order valence-corrected chi connectivity index (χ2v) is 12.3. The molecule has 246 valence electrons. The van der Waals surface area contributed by atoms with Crippen molar-refractivity contribution >= 4 is 5.57 Å². The van der Waals surface area contributed by atoms with Crippen molar-refractivity contribution in [2.24, 2.45) is 11.8 Å². The SMILES string of the molecule is C=CC(F)(C(C)C)[C@@H](Oc1ccnc(-c2c(OC)ncnc2C2CC2)n1)c1ccc(/C(C)=C(\C)C(C)/C(=C\C)C(F)(F)CC)cc1. The number of hydrogen-bond donors (Lipinski definition) is 0. The Kier molecular flexibility index (Phi) is 10.7. The van der Waals surface area contributed by atoms with E-state index in [9.17, 15) is 8.78 Å². The third-order valence-corrected chi connectivity index (χ3v) is 9.22. The van der Waals surface area contributed by atoms with Crippen molar-refractivity contribution < 1.29 is 22.6 Å². The lowest BCUT2D eigenvalue weighted by atomic mass is 9.82. The molecule has 0 spiro atoms. The molecule has 46 heavy (non-hydrogen) atoms. The van der Waals surface area contributed by atoms with E-state index in [0.717, 1.165) is 35.2 Å². The summed E-state index contributed by atoms with van der Waals surface area (Å²) >= 11 is 0. The molecule has 1 aromatic carbocycles. The van der Waals surface area contributed by atoms with Gasteiger partial charge in [-0.1, -0.05) is 76.3 Å². The molecule has 0 radical (unpaired) electrons. The third-order valence-electron chi connectivity index (χ3n) is 9.22. The first-order chi connectivity index (χ1) is 21.8. The lowest BCUT2D eigenvalue weighted by molar-refractivity contribution is 0.00709. The van der Waals surface area contributed by atoms with E-state index >= 15 is 4.39 Å². The summed E-state index contributed by atoms with van der Waals surface area (Å²) in [6, 6.07) is 8.94. The number of ether oxygens (including phenoxy) is 2. The van der Waals surface area contributed by atoms with Crippen molar-refractivity contribution in [1.29, 1.82) is 0 Å². The van der Waals surface area contributed by atoms with E-state index < -0.39 is 29.5 Å². The quantitative estimate of drug-likeness (QED) is 0.164. The Morgan fingerprint density at radius 2 is 1.72 bits per heavy atom. The van der Waals surface area contributed by atoms with Gasteiger partial charge in [-0.2, -0.15) is 4.98 Å². The molecule has 2 aromatic heterocycles. The Morgan fingerprint density at radius 3 is 2.26 bits per heavy atom. The first kappa shape index (κ1) is 34.9.